The van der Waals surface area contributed by atoms with Crippen LogP contribution in [0.2, 0.25) is 0 Å². The second-order valence-corrected chi connectivity index (χ2v) is 16.0. The van der Waals surface area contributed by atoms with Gasteiger partial charge in [0, 0.05) is 11.8 Å². The van der Waals surface area contributed by atoms with E-state index in [2.05, 4.69) is 20.4 Å². The highest BCUT2D eigenvalue weighted by Crippen LogP contribution is 2.75. The third-order valence-electron chi connectivity index (χ3n) is 13.7. The maximum atomic E-state index is 13.8. The van der Waals surface area contributed by atoms with Gasteiger partial charge in [0.05, 0.1) is 17.8 Å². The van der Waals surface area contributed by atoms with Crippen LogP contribution >= 0.6 is 0 Å². The van der Waals surface area contributed by atoms with Crippen molar-refractivity contribution in [2.75, 3.05) is 6.61 Å². The quantitative estimate of drug-likeness (QED) is 0.216. The minimum atomic E-state index is -2.09. The normalized spacial score (nSPS) is 54.3. The molecule has 0 amide bonds. The average Bonchev–Trinajstić information content (AvgIpc) is 3.69. The number of aliphatic hydroxyl groups excluding tert-OH is 3. The summed E-state index contributed by atoms with van der Waals surface area (Å²) in [5, 5.41) is 48.9. The molecule has 1 aromatic carbocycles. The Bertz CT molecular complexity index is 1440. The monoisotopic (exact) mass is 654 g/mol. The Labute approximate surface area is 276 Å². The van der Waals surface area contributed by atoms with Gasteiger partial charge < -0.3 is 44.1 Å². The first-order chi connectivity index (χ1) is 22.3. The van der Waals surface area contributed by atoms with Crippen molar-refractivity contribution in [3.8, 4) is 0 Å². The molecule has 8 rings (SSSR count). The number of carbonyl (C=O) groups is 1. The SMILES string of the molecule is C=C(C)[C@]12C[C@@H](C)[C@@]34O[C@]5(O[C@@H]1[C@@H]3[C@@H]1O[C@]1(CO)[C@@H](O)[C@]1(O)C(OC(=O)c3ccccc3)[C@@H](C)[C@H]([C@H](C)CCCCCCC5O)[C@H]14)O2. The second-order valence-electron chi connectivity index (χ2n) is 16.0. The molecule has 10 nitrogen and oxygen atoms in total. The number of esters is 1. The predicted octanol–water partition coefficient (Wildman–Crippen LogP) is 3.49. The maximum absolute atomic E-state index is 13.8. The van der Waals surface area contributed by atoms with E-state index in [1.54, 1.807) is 24.3 Å². The van der Waals surface area contributed by atoms with E-state index >= 15 is 0 Å². The minimum absolute atomic E-state index is 0.0521. The Kier molecular flexibility index (Phi) is 7.26. The molecule has 10 heteroatoms. The van der Waals surface area contributed by atoms with Crippen LogP contribution in [0.4, 0.5) is 0 Å². The molecule has 2 unspecified atom stereocenters. The molecule has 3 aliphatic carbocycles. The topological polar surface area (TPSA) is 147 Å². The van der Waals surface area contributed by atoms with Gasteiger partial charge in [0.1, 0.15) is 47.3 Å². The zero-order valence-corrected chi connectivity index (χ0v) is 27.8. The smallest absolute Gasteiger partial charge is 0.338 e. The summed E-state index contributed by atoms with van der Waals surface area (Å²) >= 11 is 0. The number of hydrogen-bond donors (Lipinski definition) is 4. The molecule has 3 saturated carbocycles. The van der Waals surface area contributed by atoms with Gasteiger partial charge >= 0.3 is 11.9 Å². The standard InChI is InChI=1S/C37H50O10/c1-19(2)33-17-21(4)36-26-29(33)45-37(46-33,47-36)24(39)16-12-7-6-9-13-20(3)25-22(5)28(43-31(40)23-14-10-8-11-15-23)35(42,27(25)36)32(41)34(18-38)30(26)44-34/h8,10-11,14-15,20-22,24-30,32,38-39,41-42H,1,6-7,9,12-13,16-18H2,2-5H3/t20-,21-,22+,24?,25+,26-,27-,28?,29-,30+,32-,33-,34+,35-,36-,37-/m1/s1. The molecule has 0 aromatic heterocycles. The molecule has 4 heterocycles. The van der Waals surface area contributed by atoms with Crippen LogP contribution in [-0.2, 0) is 23.7 Å². The molecule has 4 aliphatic heterocycles. The molecule has 4 N–H and O–H groups in total. The molecule has 4 saturated heterocycles. The van der Waals surface area contributed by atoms with Crippen molar-refractivity contribution < 1.29 is 48.9 Å². The molecular formula is C37H50O10. The molecule has 47 heavy (non-hydrogen) atoms. The van der Waals surface area contributed by atoms with E-state index in [9.17, 15) is 25.2 Å². The summed E-state index contributed by atoms with van der Waals surface area (Å²) in [5.41, 5.74) is -4.83. The van der Waals surface area contributed by atoms with Crippen LogP contribution in [0.25, 0.3) is 0 Å². The van der Waals surface area contributed by atoms with Gasteiger partial charge in [0.15, 0.2) is 0 Å². The Morgan fingerprint density at radius 2 is 1.70 bits per heavy atom. The fourth-order valence-corrected chi connectivity index (χ4v) is 11.6. The summed E-state index contributed by atoms with van der Waals surface area (Å²) in [6, 6.07) is 8.65. The zero-order valence-electron chi connectivity index (χ0n) is 27.8. The molecule has 7 fully saturated rings. The lowest BCUT2D eigenvalue weighted by Gasteiger charge is -2.62. The van der Waals surface area contributed by atoms with E-state index in [0.29, 0.717) is 18.4 Å². The molecule has 3 bridgehead atoms. The highest BCUT2D eigenvalue weighted by atomic mass is 16.9. The predicted molar refractivity (Wildman–Crippen MR) is 168 cm³/mol. The molecule has 0 radical (unpaired) electrons. The summed E-state index contributed by atoms with van der Waals surface area (Å²) < 4.78 is 33.7. The average molecular weight is 655 g/mol. The zero-order chi connectivity index (χ0) is 33.3. The van der Waals surface area contributed by atoms with Crippen molar-refractivity contribution in [1.82, 2.24) is 0 Å². The lowest BCUT2D eigenvalue weighted by molar-refractivity contribution is -0.458. The fraction of sp³-hybridized carbons (Fsp3) is 0.757. The number of fused-ring (bicyclic) bond motifs is 1. The first-order valence-corrected chi connectivity index (χ1v) is 17.7. The third kappa shape index (κ3) is 3.93. The van der Waals surface area contributed by atoms with Crippen LogP contribution in [0.5, 0.6) is 0 Å². The Balaban J connectivity index is 1.37. The van der Waals surface area contributed by atoms with Gasteiger partial charge in [-0.3, -0.25) is 0 Å². The summed E-state index contributed by atoms with van der Waals surface area (Å²) in [7, 11) is 0. The Morgan fingerprint density at radius 3 is 2.38 bits per heavy atom. The molecule has 2 spiro atoms. The lowest BCUT2D eigenvalue weighted by Crippen LogP contribution is -2.74. The Morgan fingerprint density at radius 1 is 1.00 bits per heavy atom. The van der Waals surface area contributed by atoms with Crippen LogP contribution in [-0.4, -0.2) is 91.9 Å². The van der Waals surface area contributed by atoms with Gasteiger partial charge in [-0.1, -0.05) is 77.7 Å². The number of benzene rings is 1. The van der Waals surface area contributed by atoms with Crippen LogP contribution in [0.15, 0.2) is 42.5 Å². The van der Waals surface area contributed by atoms with Gasteiger partial charge in [-0.25, -0.2) is 4.79 Å². The number of epoxide rings is 1. The van der Waals surface area contributed by atoms with Crippen LogP contribution in [0.3, 0.4) is 0 Å². The number of hydrogen-bond acceptors (Lipinski definition) is 10. The van der Waals surface area contributed by atoms with E-state index in [1.165, 1.54) is 0 Å². The highest BCUT2D eigenvalue weighted by molar-refractivity contribution is 5.89. The van der Waals surface area contributed by atoms with Gasteiger partial charge in [0.25, 0.3) is 0 Å². The summed E-state index contributed by atoms with van der Waals surface area (Å²) in [6.07, 6.45) is 0.0237. The Hall–Kier alpha value is -1.89. The van der Waals surface area contributed by atoms with E-state index in [0.717, 1.165) is 37.7 Å². The van der Waals surface area contributed by atoms with Gasteiger partial charge in [-0.05, 0) is 61.1 Å². The van der Waals surface area contributed by atoms with Crippen molar-refractivity contribution in [1.29, 1.82) is 0 Å². The van der Waals surface area contributed by atoms with Crippen molar-refractivity contribution in [3.63, 3.8) is 0 Å². The molecular weight excluding hydrogens is 604 g/mol. The third-order valence-corrected chi connectivity index (χ3v) is 13.7. The maximum Gasteiger partial charge on any atom is 0.338 e. The number of ether oxygens (including phenoxy) is 5. The minimum Gasteiger partial charge on any atom is -0.455 e. The number of rotatable bonds is 4. The van der Waals surface area contributed by atoms with Crippen LogP contribution in [0, 0.1) is 35.5 Å². The van der Waals surface area contributed by atoms with Gasteiger partial charge in [0.2, 0.25) is 0 Å². The van der Waals surface area contributed by atoms with Crippen LogP contribution < -0.4 is 0 Å². The van der Waals surface area contributed by atoms with Crippen molar-refractivity contribution in [2.24, 2.45) is 35.5 Å². The fourth-order valence-electron chi connectivity index (χ4n) is 11.6. The largest absolute Gasteiger partial charge is 0.455 e. The van der Waals surface area contributed by atoms with Crippen molar-refractivity contribution >= 4 is 5.97 Å². The van der Waals surface area contributed by atoms with Crippen molar-refractivity contribution in [2.45, 2.75) is 132 Å². The molecule has 16 atom stereocenters. The summed E-state index contributed by atoms with van der Waals surface area (Å²) in [6.45, 7) is 11.9. The van der Waals surface area contributed by atoms with E-state index in [4.69, 9.17) is 23.7 Å². The van der Waals surface area contributed by atoms with E-state index in [1.807, 2.05) is 19.9 Å². The lowest BCUT2D eigenvalue weighted by atomic mass is 9.51. The summed E-state index contributed by atoms with van der Waals surface area (Å²) in [5.74, 6) is -4.73. The van der Waals surface area contributed by atoms with E-state index in [-0.39, 0.29) is 17.8 Å². The first-order valence-electron chi connectivity index (χ1n) is 17.7. The van der Waals surface area contributed by atoms with Gasteiger partial charge in [-0.15, -0.1) is 0 Å². The van der Waals surface area contributed by atoms with Gasteiger partial charge in [-0.2, -0.15) is 0 Å². The van der Waals surface area contributed by atoms with Crippen LogP contribution in [0.1, 0.15) is 83.0 Å². The molecule has 1 aromatic rings. The van der Waals surface area contributed by atoms with E-state index < -0.39 is 89.2 Å². The molecule has 7 aliphatic rings. The number of carbonyl (C=O) groups excluding carboxylic acids is 1. The second kappa shape index (κ2) is 10.6. The molecule has 258 valence electrons. The van der Waals surface area contributed by atoms with Crippen molar-refractivity contribution in [3.05, 3.63) is 48.0 Å². The summed E-state index contributed by atoms with van der Waals surface area (Å²) in [4.78, 5) is 13.8. The number of aliphatic hydroxyl groups is 4. The first kappa shape index (κ1) is 32.3. The highest BCUT2D eigenvalue weighted by Gasteiger charge is 2.90.